The van der Waals surface area contributed by atoms with Crippen molar-refractivity contribution in [1.82, 2.24) is 5.32 Å². The Morgan fingerprint density at radius 3 is 2.94 bits per heavy atom. The smallest absolute Gasteiger partial charge is 0.335 e. The van der Waals surface area contributed by atoms with Crippen LogP contribution in [0.1, 0.15) is 16.8 Å². The van der Waals surface area contributed by atoms with Crippen LogP contribution in [0.5, 0.6) is 5.75 Å². The fourth-order valence-electron chi connectivity index (χ4n) is 1.62. The Morgan fingerprint density at radius 1 is 1.50 bits per heavy atom. The molecule has 1 aliphatic heterocycles. The topological polar surface area (TPSA) is 58.6 Å². The third kappa shape index (κ3) is 3.12. The van der Waals surface area contributed by atoms with Crippen LogP contribution in [0.3, 0.4) is 0 Å². The van der Waals surface area contributed by atoms with Gasteiger partial charge in [0.05, 0.1) is 5.56 Å². The van der Waals surface area contributed by atoms with E-state index in [0.717, 1.165) is 19.5 Å². The van der Waals surface area contributed by atoms with Gasteiger partial charge in [0.1, 0.15) is 11.9 Å². The lowest BCUT2D eigenvalue weighted by atomic mass is 10.2. The molecule has 1 aromatic rings. The summed E-state index contributed by atoms with van der Waals surface area (Å²) in [5.74, 6) is -0.298. The first-order chi connectivity index (χ1) is 7.25. The highest BCUT2D eigenvalue weighted by Crippen LogP contribution is 2.16. The first kappa shape index (κ1) is 12.8. The summed E-state index contributed by atoms with van der Waals surface area (Å²) < 4.78 is 5.64. The molecule has 1 atom stereocenters. The van der Waals surface area contributed by atoms with Gasteiger partial charge in [-0.3, -0.25) is 0 Å². The molecule has 1 saturated heterocycles. The summed E-state index contributed by atoms with van der Waals surface area (Å²) in [6, 6.07) is 6.59. The van der Waals surface area contributed by atoms with E-state index in [1.54, 1.807) is 24.3 Å². The van der Waals surface area contributed by atoms with Crippen molar-refractivity contribution in [3.63, 3.8) is 0 Å². The first-order valence-electron chi connectivity index (χ1n) is 4.96. The van der Waals surface area contributed by atoms with E-state index in [0.29, 0.717) is 5.75 Å². The van der Waals surface area contributed by atoms with Gasteiger partial charge in [-0.15, -0.1) is 12.4 Å². The normalized spacial score (nSPS) is 18.9. The fourth-order valence-corrected chi connectivity index (χ4v) is 1.62. The lowest BCUT2D eigenvalue weighted by Gasteiger charge is -2.12. The summed E-state index contributed by atoms with van der Waals surface area (Å²) in [7, 11) is 0. The quantitative estimate of drug-likeness (QED) is 0.846. The van der Waals surface area contributed by atoms with Gasteiger partial charge in [-0.2, -0.15) is 0 Å². The Balaban J connectivity index is 0.00000128. The molecule has 0 aromatic heterocycles. The predicted molar refractivity (Wildman–Crippen MR) is 62.6 cm³/mol. The Kier molecular flexibility index (Phi) is 4.58. The second-order valence-corrected chi connectivity index (χ2v) is 3.57. The van der Waals surface area contributed by atoms with Crippen LogP contribution < -0.4 is 10.1 Å². The standard InChI is InChI=1S/C11H13NO3.ClH/c13-11(14)8-2-1-3-9(6-8)15-10-4-5-12-7-10;/h1-3,6,10,12H,4-5,7H2,(H,13,14);1H. The van der Waals surface area contributed by atoms with Crippen molar-refractivity contribution in [2.45, 2.75) is 12.5 Å². The van der Waals surface area contributed by atoms with Crippen LogP contribution in [0.4, 0.5) is 0 Å². The number of carbonyl (C=O) groups is 1. The number of aromatic carboxylic acids is 1. The Labute approximate surface area is 100 Å². The Hall–Kier alpha value is -1.26. The SMILES string of the molecule is Cl.O=C(O)c1cccc(OC2CCNC2)c1. The Morgan fingerprint density at radius 2 is 2.31 bits per heavy atom. The fraction of sp³-hybridized carbons (Fsp3) is 0.364. The molecule has 4 nitrogen and oxygen atoms in total. The van der Waals surface area contributed by atoms with Crippen LogP contribution in [0.2, 0.25) is 0 Å². The maximum Gasteiger partial charge on any atom is 0.335 e. The van der Waals surface area contributed by atoms with Crippen molar-refractivity contribution >= 4 is 18.4 Å². The zero-order valence-electron chi connectivity index (χ0n) is 8.68. The molecule has 0 spiro atoms. The third-order valence-corrected chi connectivity index (χ3v) is 2.40. The largest absolute Gasteiger partial charge is 0.489 e. The molecule has 88 valence electrons. The van der Waals surface area contributed by atoms with E-state index in [1.165, 1.54) is 0 Å². The number of carboxylic acids is 1. The van der Waals surface area contributed by atoms with E-state index < -0.39 is 5.97 Å². The van der Waals surface area contributed by atoms with Crippen molar-refractivity contribution in [3.05, 3.63) is 29.8 Å². The highest BCUT2D eigenvalue weighted by molar-refractivity contribution is 5.88. The van der Waals surface area contributed by atoms with E-state index in [4.69, 9.17) is 9.84 Å². The average molecular weight is 244 g/mol. The minimum Gasteiger partial charge on any atom is -0.489 e. The minimum atomic E-state index is -0.926. The molecule has 1 aromatic carbocycles. The van der Waals surface area contributed by atoms with Gasteiger partial charge in [-0.1, -0.05) is 6.07 Å². The van der Waals surface area contributed by atoms with Gasteiger partial charge in [0.2, 0.25) is 0 Å². The molecule has 1 unspecified atom stereocenters. The van der Waals surface area contributed by atoms with Crippen LogP contribution in [-0.2, 0) is 0 Å². The van der Waals surface area contributed by atoms with Crippen molar-refractivity contribution in [3.8, 4) is 5.75 Å². The van der Waals surface area contributed by atoms with Gasteiger partial charge < -0.3 is 15.2 Å². The molecular weight excluding hydrogens is 230 g/mol. The molecular formula is C11H14ClNO3. The molecule has 5 heteroatoms. The van der Waals surface area contributed by atoms with Crippen LogP contribution >= 0.6 is 12.4 Å². The highest BCUT2D eigenvalue weighted by Gasteiger charge is 2.16. The van der Waals surface area contributed by atoms with Crippen LogP contribution in [-0.4, -0.2) is 30.3 Å². The third-order valence-electron chi connectivity index (χ3n) is 2.40. The number of hydrogen-bond acceptors (Lipinski definition) is 3. The summed E-state index contributed by atoms with van der Waals surface area (Å²) in [5, 5.41) is 12.0. The van der Waals surface area contributed by atoms with Gasteiger partial charge >= 0.3 is 5.97 Å². The Bertz CT molecular complexity index is 364. The maximum absolute atomic E-state index is 10.7. The highest BCUT2D eigenvalue weighted by atomic mass is 35.5. The summed E-state index contributed by atoms with van der Waals surface area (Å²) in [6.07, 6.45) is 1.13. The van der Waals surface area contributed by atoms with E-state index >= 15 is 0 Å². The maximum atomic E-state index is 10.7. The van der Waals surface area contributed by atoms with Gasteiger partial charge in [0.15, 0.2) is 0 Å². The molecule has 2 N–H and O–H groups in total. The number of ether oxygens (including phenoxy) is 1. The van der Waals surface area contributed by atoms with Crippen molar-refractivity contribution in [1.29, 1.82) is 0 Å². The number of benzene rings is 1. The lowest BCUT2D eigenvalue weighted by Crippen LogP contribution is -2.19. The molecule has 0 bridgehead atoms. The second kappa shape index (κ2) is 5.72. The van der Waals surface area contributed by atoms with Gasteiger partial charge in [0.25, 0.3) is 0 Å². The molecule has 16 heavy (non-hydrogen) atoms. The van der Waals surface area contributed by atoms with Crippen LogP contribution in [0.25, 0.3) is 0 Å². The van der Waals surface area contributed by atoms with E-state index in [2.05, 4.69) is 5.32 Å². The average Bonchev–Trinajstić information content (AvgIpc) is 2.71. The number of halogens is 1. The van der Waals surface area contributed by atoms with Crippen molar-refractivity contribution in [2.75, 3.05) is 13.1 Å². The second-order valence-electron chi connectivity index (χ2n) is 3.57. The molecule has 2 rings (SSSR count). The molecule has 0 radical (unpaired) electrons. The number of nitrogens with one attached hydrogen (secondary N) is 1. The molecule has 1 heterocycles. The monoisotopic (exact) mass is 243 g/mol. The lowest BCUT2D eigenvalue weighted by molar-refractivity contribution is 0.0696. The molecule has 1 aliphatic rings. The summed E-state index contributed by atoms with van der Waals surface area (Å²) in [6.45, 7) is 1.79. The molecule has 1 fully saturated rings. The summed E-state index contributed by atoms with van der Waals surface area (Å²) in [4.78, 5) is 10.7. The van der Waals surface area contributed by atoms with Gasteiger partial charge in [-0.25, -0.2) is 4.79 Å². The summed E-state index contributed by atoms with van der Waals surface area (Å²) in [5.41, 5.74) is 0.262. The van der Waals surface area contributed by atoms with Crippen molar-refractivity contribution < 1.29 is 14.6 Å². The molecule has 0 saturated carbocycles. The first-order valence-corrected chi connectivity index (χ1v) is 4.96. The van der Waals surface area contributed by atoms with Gasteiger partial charge in [-0.05, 0) is 31.2 Å². The van der Waals surface area contributed by atoms with Crippen molar-refractivity contribution in [2.24, 2.45) is 0 Å². The van der Waals surface area contributed by atoms with Crippen LogP contribution in [0.15, 0.2) is 24.3 Å². The van der Waals surface area contributed by atoms with E-state index in [-0.39, 0.29) is 24.1 Å². The van der Waals surface area contributed by atoms with Gasteiger partial charge in [0, 0.05) is 6.54 Å². The molecule has 0 amide bonds. The van der Waals surface area contributed by atoms with E-state index in [9.17, 15) is 4.79 Å². The van der Waals surface area contributed by atoms with Crippen LogP contribution in [0, 0.1) is 0 Å². The minimum absolute atomic E-state index is 0. The number of hydrogen-bond donors (Lipinski definition) is 2. The number of rotatable bonds is 3. The number of carboxylic acid groups (broad SMARTS) is 1. The predicted octanol–water partition coefficient (Wildman–Crippen LogP) is 1.55. The summed E-state index contributed by atoms with van der Waals surface area (Å²) >= 11 is 0. The van der Waals surface area contributed by atoms with E-state index in [1.807, 2.05) is 0 Å². The zero-order valence-corrected chi connectivity index (χ0v) is 9.50. The molecule has 0 aliphatic carbocycles. The zero-order chi connectivity index (χ0) is 10.7.